The zero-order valence-corrected chi connectivity index (χ0v) is 26.1. The Balaban J connectivity index is 1.57. The zero-order chi connectivity index (χ0) is 30.8. The molecule has 2 N–H and O–H groups in total. The van der Waals surface area contributed by atoms with Crippen LogP contribution in [-0.2, 0) is 26.8 Å². The van der Waals surface area contributed by atoms with Crippen LogP contribution in [0.2, 0.25) is 0 Å². The molecule has 0 saturated carbocycles. The minimum Gasteiger partial charge on any atom is -0.507 e. The highest BCUT2D eigenvalue weighted by Crippen LogP contribution is 2.40. The molecule has 3 aromatic carbocycles. The van der Waals surface area contributed by atoms with Gasteiger partial charge in [-0.3, -0.25) is 9.59 Å². The molecule has 0 bridgehead atoms. The van der Waals surface area contributed by atoms with Gasteiger partial charge in [-0.2, -0.15) is 0 Å². The third-order valence-corrected chi connectivity index (χ3v) is 7.65. The van der Waals surface area contributed by atoms with Crippen molar-refractivity contribution in [3.05, 3.63) is 82.4 Å². The Morgan fingerprint density at radius 3 is 2.02 bits per heavy atom. The molecule has 0 radical (unpaired) electrons. The lowest BCUT2D eigenvalue weighted by molar-refractivity contribution is -0.137. The first-order chi connectivity index (χ1) is 19.6. The molecular weight excluding hydrogens is 528 g/mol. The molecule has 224 valence electrons. The molecule has 4 rings (SSSR count). The van der Waals surface area contributed by atoms with Gasteiger partial charge in [0.05, 0.1) is 0 Å². The number of hydrogen-bond acceptors (Lipinski definition) is 5. The molecule has 0 aromatic heterocycles. The number of nitrogens with one attached hydrogen (secondary N) is 1. The number of amides is 2. The maximum atomic E-state index is 13.7. The molecule has 1 atom stereocenters. The number of aryl methyl sites for hydroxylation is 2. The minimum absolute atomic E-state index is 0.152. The van der Waals surface area contributed by atoms with Crippen LogP contribution in [0.1, 0.15) is 81.8 Å². The summed E-state index contributed by atoms with van der Waals surface area (Å²) in [6.07, 6.45) is 0.702. The van der Waals surface area contributed by atoms with Crippen molar-refractivity contribution in [3.8, 4) is 17.2 Å². The first kappa shape index (κ1) is 30.9. The van der Waals surface area contributed by atoms with E-state index in [-0.39, 0.29) is 29.1 Å². The van der Waals surface area contributed by atoms with Crippen molar-refractivity contribution in [1.29, 1.82) is 0 Å². The van der Waals surface area contributed by atoms with Crippen molar-refractivity contribution < 1.29 is 24.2 Å². The molecule has 1 heterocycles. The number of hydrogen-bond donors (Lipinski definition) is 2. The maximum Gasteiger partial charge on any atom is 0.251 e. The summed E-state index contributed by atoms with van der Waals surface area (Å²) in [5.74, 6) is 1.06. The fourth-order valence-corrected chi connectivity index (χ4v) is 5.18. The zero-order valence-electron chi connectivity index (χ0n) is 26.1. The first-order valence-electron chi connectivity index (χ1n) is 14.5. The van der Waals surface area contributed by atoms with Crippen molar-refractivity contribution in [2.24, 2.45) is 0 Å². The number of carbonyl (C=O) groups is 2. The van der Waals surface area contributed by atoms with Crippen LogP contribution in [0.5, 0.6) is 17.2 Å². The van der Waals surface area contributed by atoms with E-state index in [1.807, 2.05) is 43.3 Å². The number of fused-ring (bicyclic) bond motifs is 1. The van der Waals surface area contributed by atoms with Crippen LogP contribution in [0, 0.1) is 6.92 Å². The molecule has 0 unspecified atom stereocenters. The molecule has 1 aliphatic heterocycles. The standard InChI is InChI=1S/C35H44N2O5/c1-22-9-12-24(13-10-22)31(33(40)36-25-14-15-28-29(21-25)42-18-17-41-28)37(8)30(38)16-11-23-19-26(34(2,3)4)32(39)27(20-23)35(5,6)7/h9-10,12-15,19-21,31,39H,11,16-18H2,1-8H3,(H,36,40)/t31-/m1/s1. The minimum atomic E-state index is -0.832. The van der Waals surface area contributed by atoms with Gasteiger partial charge >= 0.3 is 0 Å². The monoisotopic (exact) mass is 572 g/mol. The van der Waals surface area contributed by atoms with Gasteiger partial charge in [-0.25, -0.2) is 0 Å². The summed E-state index contributed by atoms with van der Waals surface area (Å²) in [5.41, 5.74) is 4.54. The second kappa shape index (κ2) is 12.1. The molecule has 0 aliphatic carbocycles. The largest absolute Gasteiger partial charge is 0.507 e. The highest BCUT2D eigenvalue weighted by molar-refractivity contribution is 5.98. The van der Waals surface area contributed by atoms with Gasteiger partial charge in [0.15, 0.2) is 11.5 Å². The Bertz CT molecular complexity index is 1410. The number of aromatic hydroxyl groups is 1. The van der Waals surface area contributed by atoms with E-state index >= 15 is 0 Å². The number of benzene rings is 3. The van der Waals surface area contributed by atoms with Crippen molar-refractivity contribution >= 4 is 17.5 Å². The summed E-state index contributed by atoms with van der Waals surface area (Å²) >= 11 is 0. The van der Waals surface area contributed by atoms with Crippen LogP contribution < -0.4 is 14.8 Å². The summed E-state index contributed by atoms with van der Waals surface area (Å²) in [5, 5.41) is 14.1. The van der Waals surface area contributed by atoms with Crippen LogP contribution in [0.3, 0.4) is 0 Å². The lowest BCUT2D eigenvalue weighted by atomic mass is 9.78. The van der Waals surface area contributed by atoms with Gasteiger partial charge in [-0.1, -0.05) is 83.5 Å². The van der Waals surface area contributed by atoms with Gasteiger partial charge in [-0.05, 0) is 58.6 Å². The maximum absolute atomic E-state index is 13.7. The molecule has 2 amide bonds. The van der Waals surface area contributed by atoms with E-state index in [1.165, 1.54) is 4.90 Å². The third kappa shape index (κ3) is 7.07. The van der Waals surface area contributed by atoms with Crippen molar-refractivity contribution in [1.82, 2.24) is 4.90 Å². The highest BCUT2D eigenvalue weighted by atomic mass is 16.6. The molecule has 0 fully saturated rings. The van der Waals surface area contributed by atoms with Gasteiger partial charge in [0.1, 0.15) is 25.0 Å². The SMILES string of the molecule is Cc1ccc([C@H](C(=O)Nc2ccc3c(c2)OCCO3)N(C)C(=O)CCc2cc(C(C)(C)C)c(O)c(C(C)(C)C)c2)cc1. The number of phenols is 1. The van der Waals surface area contributed by atoms with Gasteiger partial charge < -0.3 is 24.8 Å². The molecule has 3 aromatic rings. The molecular formula is C35H44N2O5. The molecule has 7 heteroatoms. The fraction of sp³-hybridized carbons (Fsp3) is 0.429. The number of anilines is 1. The predicted molar refractivity (Wildman–Crippen MR) is 167 cm³/mol. The fourth-order valence-electron chi connectivity index (χ4n) is 5.18. The molecule has 0 spiro atoms. The normalized spacial score (nSPS) is 13.8. The number of rotatable bonds is 7. The quantitative estimate of drug-likeness (QED) is 0.324. The van der Waals surface area contributed by atoms with E-state index in [1.54, 1.807) is 25.2 Å². The lowest BCUT2D eigenvalue weighted by Crippen LogP contribution is -2.38. The van der Waals surface area contributed by atoms with E-state index in [2.05, 4.69) is 46.9 Å². The Morgan fingerprint density at radius 1 is 0.881 bits per heavy atom. The smallest absolute Gasteiger partial charge is 0.251 e. The van der Waals surface area contributed by atoms with Crippen molar-refractivity contribution in [2.45, 2.75) is 78.2 Å². The van der Waals surface area contributed by atoms with Gasteiger partial charge in [0.25, 0.3) is 5.91 Å². The number of likely N-dealkylation sites (N-methyl/N-ethyl adjacent to an activating group) is 1. The van der Waals surface area contributed by atoms with Crippen LogP contribution >= 0.6 is 0 Å². The second-order valence-electron chi connectivity index (χ2n) is 13.2. The van der Waals surface area contributed by atoms with Crippen LogP contribution in [0.25, 0.3) is 0 Å². The van der Waals surface area contributed by atoms with E-state index in [0.717, 1.165) is 27.8 Å². The number of ether oxygens (including phenoxy) is 2. The van der Waals surface area contributed by atoms with E-state index in [0.29, 0.717) is 42.6 Å². The number of nitrogens with zero attached hydrogens (tertiary/aromatic N) is 1. The summed E-state index contributed by atoms with van der Waals surface area (Å²) < 4.78 is 11.3. The summed E-state index contributed by atoms with van der Waals surface area (Å²) in [7, 11) is 1.67. The summed E-state index contributed by atoms with van der Waals surface area (Å²) in [6.45, 7) is 15.4. The van der Waals surface area contributed by atoms with Crippen molar-refractivity contribution in [2.75, 3.05) is 25.6 Å². The number of phenolic OH excluding ortho intramolecular Hbond substituents is 1. The van der Waals surface area contributed by atoms with Crippen molar-refractivity contribution in [3.63, 3.8) is 0 Å². The predicted octanol–water partition coefficient (Wildman–Crippen LogP) is 6.84. The lowest BCUT2D eigenvalue weighted by Gasteiger charge is -2.29. The summed E-state index contributed by atoms with van der Waals surface area (Å²) in [6, 6.07) is 16.1. The average Bonchev–Trinajstić information content (AvgIpc) is 2.92. The summed E-state index contributed by atoms with van der Waals surface area (Å²) in [4.78, 5) is 28.9. The molecule has 42 heavy (non-hydrogen) atoms. The van der Waals surface area contributed by atoms with E-state index < -0.39 is 6.04 Å². The van der Waals surface area contributed by atoms with E-state index in [4.69, 9.17) is 9.47 Å². The van der Waals surface area contributed by atoms with E-state index in [9.17, 15) is 14.7 Å². The topological polar surface area (TPSA) is 88.1 Å². The van der Waals surface area contributed by atoms with Crippen LogP contribution in [-0.4, -0.2) is 42.1 Å². The third-order valence-electron chi connectivity index (χ3n) is 7.65. The first-order valence-corrected chi connectivity index (χ1v) is 14.5. The Hall–Kier alpha value is -4.00. The molecule has 7 nitrogen and oxygen atoms in total. The van der Waals surface area contributed by atoms with Gasteiger partial charge in [0, 0.05) is 25.2 Å². The van der Waals surface area contributed by atoms with Crippen LogP contribution in [0.4, 0.5) is 5.69 Å². The second-order valence-corrected chi connectivity index (χ2v) is 13.2. The van der Waals surface area contributed by atoms with Gasteiger partial charge in [0.2, 0.25) is 5.91 Å². The highest BCUT2D eigenvalue weighted by Gasteiger charge is 2.30. The molecule has 1 aliphatic rings. The Labute approximate surface area is 249 Å². The molecule has 0 saturated heterocycles. The Morgan fingerprint density at radius 2 is 1.45 bits per heavy atom. The van der Waals surface area contributed by atoms with Crippen LogP contribution in [0.15, 0.2) is 54.6 Å². The Kier molecular flexibility index (Phi) is 8.90. The number of carbonyl (C=O) groups excluding carboxylic acids is 2. The van der Waals surface area contributed by atoms with Gasteiger partial charge in [-0.15, -0.1) is 0 Å². The average molecular weight is 573 g/mol.